The number of aromatic nitrogens is 1. The number of fused-ring (bicyclic) bond motifs is 1. The van der Waals surface area contributed by atoms with E-state index >= 15 is 0 Å². The Bertz CT molecular complexity index is 1470. The highest BCUT2D eigenvalue weighted by molar-refractivity contribution is 7.92. The van der Waals surface area contributed by atoms with E-state index in [4.69, 9.17) is 9.47 Å². The Morgan fingerprint density at radius 1 is 0.912 bits per heavy atom. The van der Waals surface area contributed by atoms with Crippen LogP contribution in [-0.2, 0) is 10.0 Å². The number of amides is 1. The maximum absolute atomic E-state index is 13.1. The first-order valence-electron chi connectivity index (χ1n) is 10.5. The van der Waals surface area contributed by atoms with Gasteiger partial charge in [-0.05, 0) is 67.9 Å². The summed E-state index contributed by atoms with van der Waals surface area (Å²) in [6.45, 7) is 3.94. The Kier molecular flexibility index (Phi) is 6.21. The standard InChI is InChI=1S/C25H25N3O5S/c1-15-16(2)26-24-20(15)6-5-7-21(24)25(29)27-18-10-13-22(33-4)23(14-18)34(30,31)28-17-8-11-19(32-3)12-9-17/h5-14,26,28H,1-4H3,(H,27,29). The molecule has 0 saturated heterocycles. The van der Waals surface area contributed by atoms with Gasteiger partial charge in [0.05, 0.1) is 25.3 Å². The number of benzene rings is 3. The maximum Gasteiger partial charge on any atom is 0.265 e. The molecular formula is C25H25N3O5S. The second-order valence-corrected chi connectivity index (χ2v) is 9.41. The Morgan fingerprint density at radius 2 is 1.62 bits per heavy atom. The third-order valence-electron chi connectivity index (χ3n) is 5.64. The highest BCUT2D eigenvalue weighted by Crippen LogP contribution is 2.30. The van der Waals surface area contributed by atoms with Crippen molar-refractivity contribution < 1.29 is 22.7 Å². The first-order chi connectivity index (χ1) is 16.2. The number of H-pyrrole nitrogens is 1. The fourth-order valence-electron chi connectivity index (χ4n) is 3.70. The molecule has 0 radical (unpaired) electrons. The molecule has 0 aliphatic rings. The number of carbonyl (C=O) groups is 1. The molecule has 0 bridgehead atoms. The van der Waals surface area contributed by atoms with Crippen molar-refractivity contribution in [3.63, 3.8) is 0 Å². The molecule has 4 rings (SSSR count). The Morgan fingerprint density at radius 3 is 2.29 bits per heavy atom. The van der Waals surface area contributed by atoms with Gasteiger partial charge in [-0.25, -0.2) is 8.42 Å². The second kappa shape index (κ2) is 9.11. The van der Waals surface area contributed by atoms with Crippen molar-refractivity contribution in [1.29, 1.82) is 0 Å². The molecule has 1 heterocycles. The molecule has 0 aliphatic heterocycles. The predicted molar refractivity (Wildman–Crippen MR) is 133 cm³/mol. The number of aryl methyl sites for hydroxylation is 2. The summed E-state index contributed by atoms with van der Waals surface area (Å²) in [6, 6.07) is 16.4. The van der Waals surface area contributed by atoms with Crippen LogP contribution in [0.25, 0.3) is 10.9 Å². The molecular weight excluding hydrogens is 454 g/mol. The first-order valence-corrected chi connectivity index (χ1v) is 12.0. The van der Waals surface area contributed by atoms with Crippen molar-refractivity contribution >= 4 is 38.2 Å². The molecule has 0 spiro atoms. The van der Waals surface area contributed by atoms with Gasteiger partial charge < -0.3 is 19.8 Å². The van der Waals surface area contributed by atoms with Crippen molar-refractivity contribution in [2.75, 3.05) is 24.3 Å². The SMILES string of the molecule is COc1ccc(NS(=O)(=O)c2cc(NC(=O)c3cccc4c(C)c(C)[nH]c34)ccc2OC)cc1. The first kappa shape index (κ1) is 23.2. The molecule has 0 fully saturated rings. The zero-order valence-electron chi connectivity index (χ0n) is 19.2. The van der Waals surface area contributed by atoms with Crippen LogP contribution in [0.4, 0.5) is 11.4 Å². The molecule has 4 aromatic rings. The van der Waals surface area contributed by atoms with Crippen LogP contribution in [0.15, 0.2) is 65.6 Å². The summed E-state index contributed by atoms with van der Waals surface area (Å²) in [4.78, 5) is 16.2. The number of para-hydroxylation sites is 1. The molecule has 0 unspecified atom stereocenters. The van der Waals surface area contributed by atoms with Crippen LogP contribution in [0.2, 0.25) is 0 Å². The molecule has 0 atom stereocenters. The van der Waals surface area contributed by atoms with Gasteiger partial charge >= 0.3 is 0 Å². The molecule has 0 aliphatic carbocycles. The lowest BCUT2D eigenvalue weighted by Crippen LogP contribution is -2.16. The van der Waals surface area contributed by atoms with Crippen molar-refractivity contribution in [2.45, 2.75) is 18.7 Å². The molecule has 3 N–H and O–H groups in total. The molecule has 3 aromatic carbocycles. The van der Waals surface area contributed by atoms with Gasteiger partial charge in [0.25, 0.3) is 15.9 Å². The van der Waals surface area contributed by atoms with Crippen molar-refractivity contribution in [2.24, 2.45) is 0 Å². The monoisotopic (exact) mass is 479 g/mol. The van der Waals surface area contributed by atoms with E-state index < -0.39 is 10.0 Å². The average Bonchev–Trinajstić information content (AvgIpc) is 3.12. The largest absolute Gasteiger partial charge is 0.497 e. The maximum atomic E-state index is 13.1. The van der Waals surface area contributed by atoms with Crippen LogP contribution in [0.1, 0.15) is 21.6 Å². The minimum absolute atomic E-state index is 0.103. The van der Waals surface area contributed by atoms with Crippen LogP contribution < -0.4 is 19.5 Å². The quantitative estimate of drug-likeness (QED) is 0.351. The summed E-state index contributed by atoms with van der Waals surface area (Å²) in [5.41, 5.74) is 3.94. The minimum Gasteiger partial charge on any atom is -0.497 e. The van der Waals surface area contributed by atoms with E-state index in [-0.39, 0.29) is 16.6 Å². The van der Waals surface area contributed by atoms with Gasteiger partial charge in [0.1, 0.15) is 16.4 Å². The van der Waals surface area contributed by atoms with Gasteiger partial charge in [0.15, 0.2) is 0 Å². The summed E-state index contributed by atoms with van der Waals surface area (Å²) in [5, 5.41) is 3.76. The third-order valence-corrected chi connectivity index (χ3v) is 7.04. The minimum atomic E-state index is -4.01. The number of hydrogen-bond acceptors (Lipinski definition) is 5. The van der Waals surface area contributed by atoms with E-state index in [1.807, 2.05) is 26.0 Å². The zero-order valence-corrected chi connectivity index (χ0v) is 20.0. The fraction of sp³-hybridized carbons (Fsp3) is 0.160. The highest BCUT2D eigenvalue weighted by Gasteiger charge is 2.22. The summed E-state index contributed by atoms with van der Waals surface area (Å²) in [7, 11) is -1.09. The van der Waals surface area contributed by atoms with Crippen molar-refractivity contribution in [3.05, 3.63) is 77.5 Å². The molecule has 9 heteroatoms. The molecule has 8 nitrogen and oxygen atoms in total. The number of methoxy groups -OCH3 is 2. The lowest BCUT2D eigenvalue weighted by atomic mass is 10.1. The van der Waals surface area contributed by atoms with Crippen LogP contribution in [0.5, 0.6) is 11.5 Å². The van der Waals surface area contributed by atoms with Crippen molar-refractivity contribution in [1.82, 2.24) is 4.98 Å². The van der Waals surface area contributed by atoms with Crippen LogP contribution in [0.3, 0.4) is 0 Å². The number of ether oxygens (including phenoxy) is 2. The smallest absolute Gasteiger partial charge is 0.265 e. The Balaban J connectivity index is 1.65. The zero-order chi connectivity index (χ0) is 24.5. The molecule has 0 saturated carbocycles. The number of rotatable bonds is 7. The van der Waals surface area contributed by atoms with Crippen molar-refractivity contribution in [3.8, 4) is 11.5 Å². The summed E-state index contributed by atoms with van der Waals surface area (Å²) in [6.07, 6.45) is 0. The highest BCUT2D eigenvalue weighted by atomic mass is 32.2. The number of sulfonamides is 1. The van der Waals surface area contributed by atoms with E-state index in [0.29, 0.717) is 22.7 Å². The average molecular weight is 480 g/mol. The number of carbonyl (C=O) groups excluding carboxylic acids is 1. The van der Waals surface area contributed by atoms with E-state index in [1.165, 1.54) is 26.4 Å². The van der Waals surface area contributed by atoms with Gasteiger partial charge in [-0.3, -0.25) is 9.52 Å². The number of hydrogen-bond donors (Lipinski definition) is 3. The van der Waals surface area contributed by atoms with Gasteiger partial charge in [-0.15, -0.1) is 0 Å². The predicted octanol–water partition coefficient (Wildman–Crippen LogP) is 4.86. The lowest BCUT2D eigenvalue weighted by molar-refractivity contribution is 0.102. The van der Waals surface area contributed by atoms with E-state index in [0.717, 1.165) is 22.2 Å². The summed E-state index contributed by atoms with van der Waals surface area (Å²) >= 11 is 0. The van der Waals surface area contributed by atoms with Gasteiger partial charge in [-0.1, -0.05) is 12.1 Å². The normalized spacial score (nSPS) is 11.3. The lowest BCUT2D eigenvalue weighted by Gasteiger charge is -2.14. The summed E-state index contributed by atoms with van der Waals surface area (Å²) < 4.78 is 39.1. The second-order valence-electron chi connectivity index (χ2n) is 7.76. The number of aromatic amines is 1. The van der Waals surface area contributed by atoms with Gasteiger partial charge in [0, 0.05) is 22.5 Å². The summed E-state index contributed by atoms with van der Waals surface area (Å²) in [5.74, 6) is 0.396. The number of anilines is 2. The van der Waals surface area contributed by atoms with E-state index in [9.17, 15) is 13.2 Å². The van der Waals surface area contributed by atoms with Gasteiger partial charge in [0.2, 0.25) is 0 Å². The van der Waals surface area contributed by atoms with Crippen LogP contribution >= 0.6 is 0 Å². The molecule has 1 amide bonds. The Hall–Kier alpha value is -3.98. The van der Waals surface area contributed by atoms with E-state index in [2.05, 4.69) is 15.0 Å². The fourth-order valence-corrected chi connectivity index (χ4v) is 4.96. The molecule has 1 aromatic heterocycles. The molecule has 176 valence electrons. The van der Waals surface area contributed by atoms with Crippen LogP contribution in [0, 0.1) is 13.8 Å². The third kappa shape index (κ3) is 4.42. The van der Waals surface area contributed by atoms with Gasteiger partial charge in [-0.2, -0.15) is 0 Å². The topological polar surface area (TPSA) is 110 Å². The van der Waals surface area contributed by atoms with E-state index in [1.54, 1.807) is 36.4 Å². The Labute approximate surface area is 198 Å². The van der Waals surface area contributed by atoms with Crippen LogP contribution in [-0.4, -0.2) is 33.5 Å². The molecule has 34 heavy (non-hydrogen) atoms. The number of nitrogens with one attached hydrogen (secondary N) is 3.